The van der Waals surface area contributed by atoms with Gasteiger partial charge in [-0.2, -0.15) is 0 Å². The Balaban J connectivity index is 0.00000147. The van der Waals surface area contributed by atoms with Crippen LogP contribution in [0.1, 0.15) is 17.2 Å². The van der Waals surface area contributed by atoms with Crippen LogP contribution in [0.4, 0.5) is 0 Å². The first kappa shape index (κ1) is 15.0. The van der Waals surface area contributed by atoms with E-state index in [1.165, 1.54) is 22.3 Å². The van der Waals surface area contributed by atoms with Crippen molar-refractivity contribution >= 4 is 12.4 Å². The van der Waals surface area contributed by atoms with E-state index in [0.717, 1.165) is 19.6 Å². The van der Waals surface area contributed by atoms with Crippen LogP contribution in [0.15, 0.2) is 42.7 Å². The van der Waals surface area contributed by atoms with Crippen LogP contribution in [0.25, 0.3) is 11.1 Å². The van der Waals surface area contributed by atoms with Crippen LogP contribution in [0, 0.1) is 0 Å². The lowest BCUT2D eigenvalue weighted by atomic mass is 9.93. The average Bonchev–Trinajstić information content (AvgIpc) is 2.48. The molecule has 1 unspecified atom stereocenters. The third-order valence-electron chi connectivity index (χ3n) is 3.59. The predicted molar refractivity (Wildman–Crippen MR) is 83.2 cm³/mol. The minimum absolute atomic E-state index is 0. The molecule has 106 valence electrons. The molecule has 20 heavy (non-hydrogen) atoms. The van der Waals surface area contributed by atoms with Crippen molar-refractivity contribution in [1.82, 2.24) is 10.3 Å². The summed E-state index contributed by atoms with van der Waals surface area (Å²) in [4.78, 5) is 4.07. The van der Waals surface area contributed by atoms with Crippen molar-refractivity contribution in [3.05, 3.63) is 53.9 Å². The molecule has 3 rings (SSSR count). The summed E-state index contributed by atoms with van der Waals surface area (Å²) in [5.74, 6) is 0. The number of aromatic nitrogens is 1. The Bertz CT molecular complexity index is 560. The lowest BCUT2D eigenvalue weighted by molar-refractivity contribution is 0.0439. The molecular weight excluding hydrogens is 272 g/mol. The van der Waals surface area contributed by atoms with E-state index in [0.29, 0.717) is 0 Å². The lowest BCUT2D eigenvalue weighted by Gasteiger charge is -2.26. The molecule has 0 bridgehead atoms. The maximum Gasteiger partial charge on any atom is 0.0952 e. The van der Waals surface area contributed by atoms with E-state index in [-0.39, 0.29) is 18.5 Å². The molecule has 1 atom stereocenters. The average molecular weight is 291 g/mol. The minimum Gasteiger partial charge on any atom is -0.372 e. The third kappa shape index (κ3) is 3.01. The van der Waals surface area contributed by atoms with Gasteiger partial charge in [0.05, 0.1) is 12.7 Å². The predicted octanol–water partition coefficient (Wildman–Crippen LogP) is 3.00. The number of nitrogens with one attached hydrogen (secondary N) is 1. The maximum absolute atomic E-state index is 5.86. The van der Waals surface area contributed by atoms with Crippen LogP contribution >= 0.6 is 12.4 Å². The Morgan fingerprint density at radius 3 is 2.75 bits per heavy atom. The van der Waals surface area contributed by atoms with Crippen LogP contribution in [-0.4, -0.2) is 25.2 Å². The Morgan fingerprint density at radius 1 is 1.20 bits per heavy atom. The molecule has 3 nitrogen and oxygen atoms in total. The molecule has 2 aromatic rings. The first-order valence-electron chi connectivity index (χ1n) is 6.68. The number of benzene rings is 1. The van der Waals surface area contributed by atoms with E-state index in [2.05, 4.69) is 28.5 Å². The lowest BCUT2D eigenvalue weighted by Crippen LogP contribution is -2.25. The van der Waals surface area contributed by atoms with E-state index < -0.39 is 0 Å². The van der Waals surface area contributed by atoms with Crippen LogP contribution in [-0.2, 0) is 11.2 Å². The second kappa shape index (κ2) is 6.84. The van der Waals surface area contributed by atoms with Crippen molar-refractivity contribution in [2.45, 2.75) is 12.5 Å². The highest BCUT2D eigenvalue weighted by Gasteiger charge is 2.20. The molecule has 0 aliphatic carbocycles. The molecule has 1 aromatic heterocycles. The Labute approximate surface area is 125 Å². The van der Waals surface area contributed by atoms with Crippen LogP contribution in [0.5, 0.6) is 0 Å². The molecule has 4 heteroatoms. The monoisotopic (exact) mass is 290 g/mol. The molecule has 1 aliphatic rings. The van der Waals surface area contributed by atoms with Crippen LogP contribution in [0.3, 0.4) is 0 Å². The maximum atomic E-state index is 5.86. The third-order valence-corrected chi connectivity index (χ3v) is 3.59. The molecule has 1 N–H and O–H groups in total. The SMILES string of the molecule is CNCC1OCCc2ccc(-c3ccncc3)cc21.Cl. The summed E-state index contributed by atoms with van der Waals surface area (Å²) in [6.45, 7) is 1.67. The fourth-order valence-electron chi connectivity index (χ4n) is 2.60. The smallest absolute Gasteiger partial charge is 0.0952 e. The quantitative estimate of drug-likeness (QED) is 0.943. The number of rotatable bonds is 3. The summed E-state index contributed by atoms with van der Waals surface area (Å²) in [5, 5.41) is 3.20. The van der Waals surface area contributed by atoms with E-state index in [1.807, 2.05) is 31.6 Å². The zero-order valence-corrected chi connectivity index (χ0v) is 12.3. The van der Waals surface area contributed by atoms with Crippen molar-refractivity contribution in [2.75, 3.05) is 20.2 Å². The van der Waals surface area contributed by atoms with Gasteiger partial charge in [0.2, 0.25) is 0 Å². The fraction of sp³-hybridized carbons (Fsp3) is 0.312. The molecule has 0 saturated heterocycles. The highest BCUT2D eigenvalue weighted by atomic mass is 35.5. The molecule has 0 saturated carbocycles. The van der Waals surface area contributed by atoms with Crippen molar-refractivity contribution < 1.29 is 4.74 Å². The number of nitrogens with zero attached hydrogens (tertiary/aromatic N) is 1. The summed E-state index contributed by atoms with van der Waals surface area (Å²) in [6.07, 6.45) is 4.83. The highest BCUT2D eigenvalue weighted by Crippen LogP contribution is 2.30. The van der Waals surface area contributed by atoms with Gasteiger partial charge in [0.15, 0.2) is 0 Å². The molecular formula is C16H19ClN2O. The van der Waals surface area contributed by atoms with E-state index in [4.69, 9.17) is 4.74 Å². The van der Waals surface area contributed by atoms with Crippen molar-refractivity contribution in [3.63, 3.8) is 0 Å². The number of hydrogen-bond acceptors (Lipinski definition) is 3. The fourth-order valence-corrected chi connectivity index (χ4v) is 2.60. The van der Waals surface area contributed by atoms with Gasteiger partial charge in [0, 0.05) is 18.9 Å². The second-order valence-corrected chi connectivity index (χ2v) is 4.82. The van der Waals surface area contributed by atoms with Gasteiger partial charge in [-0.05, 0) is 53.9 Å². The van der Waals surface area contributed by atoms with Crippen molar-refractivity contribution in [1.29, 1.82) is 0 Å². The normalized spacial score (nSPS) is 17.1. The van der Waals surface area contributed by atoms with E-state index in [9.17, 15) is 0 Å². The largest absolute Gasteiger partial charge is 0.372 e. The zero-order chi connectivity index (χ0) is 13.1. The first-order valence-corrected chi connectivity index (χ1v) is 6.68. The van der Waals surface area contributed by atoms with Gasteiger partial charge < -0.3 is 10.1 Å². The molecule has 1 aromatic carbocycles. The van der Waals surface area contributed by atoms with E-state index in [1.54, 1.807) is 0 Å². The Hall–Kier alpha value is -1.42. The Morgan fingerprint density at radius 2 is 2.00 bits per heavy atom. The molecule has 0 spiro atoms. The number of likely N-dealkylation sites (N-methyl/N-ethyl adjacent to an activating group) is 1. The van der Waals surface area contributed by atoms with Gasteiger partial charge in [0.1, 0.15) is 0 Å². The van der Waals surface area contributed by atoms with Crippen molar-refractivity contribution in [2.24, 2.45) is 0 Å². The molecule has 1 aliphatic heterocycles. The van der Waals surface area contributed by atoms with Crippen LogP contribution < -0.4 is 5.32 Å². The number of ether oxygens (including phenoxy) is 1. The number of pyridine rings is 1. The van der Waals surface area contributed by atoms with Gasteiger partial charge in [-0.15, -0.1) is 12.4 Å². The standard InChI is InChI=1S/C16H18N2O.ClH/c1-17-11-16-15-10-14(12-4-7-18-8-5-12)3-2-13(15)6-9-19-16;/h2-5,7-8,10,16-17H,6,9,11H2,1H3;1H. The molecule has 0 radical (unpaired) electrons. The topological polar surface area (TPSA) is 34.1 Å². The summed E-state index contributed by atoms with van der Waals surface area (Å²) < 4.78 is 5.86. The van der Waals surface area contributed by atoms with Gasteiger partial charge in [-0.1, -0.05) is 12.1 Å². The highest BCUT2D eigenvalue weighted by molar-refractivity contribution is 5.85. The summed E-state index contributed by atoms with van der Waals surface area (Å²) >= 11 is 0. The van der Waals surface area contributed by atoms with Gasteiger partial charge in [-0.25, -0.2) is 0 Å². The zero-order valence-electron chi connectivity index (χ0n) is 11.5. The van der Waals surface area contributed by atoms with Crippen LogP contribution in [0.2, 0.25) is 0 Å². The summed E-state index contributed by atoms with van der Waals surface area (Å²) in [7, 11) is 1.96. The number of halogens is 1. The van der Waals surface area contributed by atoms with E-state index >= 15 is 0 Å². The summed E-state index contributed by atoms with van der Waals surface area (Å²) in [5.41, 5.74) is 5.15. The van der Waals surface area contributed by atoms with Gasteiger partial charge in [0.25, 0.3) is 0 Å². The van der Waals surface area contributed by atoms with Gasteiger partial charge >= 0.3 is 0 Å². The molecule has 0 amide bonds. The Kier molecular flexibility index (Phi) is 5.12. The molecule has 0 fully saturated rings. The first-order chi connectivity index (χ1) is 9.38. The van der Waals surface area contributed by atoms with Gasteiger partial charge in [-0.3, -0.25) is 4.98 Å². The minimum atomic E-state index is 0. The number of hydrogen-bond donors (Lipinski definition) is 1. The van der Waals surface area contributed by atoms with Crippen molar-refractivity contribution in [3.8, 4) is 11.1 Å². The molecule has 2 heterocycles. The second-order valence-electron chi connectivity index (χ2n) is 4.82. The summed E-state index contributed by atoms with van der Waals surface area (Å²) in [6, 6.07) is 10.8. The number of fused-ring (bicyclic) bond motifs is 1.